The van der Waals surface area contributed by atoms with Crippen LogP contribution in [-0.2, 0) is 17.8 Å². The molecule has 0 radical (unpaired) electrons. The van der Waals surface area contributed by atoms with Crippen molar-refractivity contribution in [1.29, 1.82) is 0 Å². The van der Waals surface area contributed by atoms with Gasteiger partial charge >= 0.3 is 6.09 Å². The van der Waals surface area contributed by atoms with Gasteiger partial charge in [0, 0.05) is 0 Å². The summed E-state index contributed by atoms with van der Waals surface area (Å²) in [6, 6.07) is 14.4. The minimum atomic E-state index is -0.863. The predicted molar refractivity (Wildman–Crippen MR) is 84.3 cm³/mol. The van der Waals surface area contributed by atoms with Crippen LogP contribution in [0.2, 0.25) is 0 Å². The molecule has 4 heteroatoms. The molecule has 3 rings (SSSR count). The van der Waals surface area contributed by atoms with Crippen LogP contribution in [0.1, 0.15) is 30.0 Å². The highest BCUT2D eigenvalue weighted by atomic mass is 16.6. The Morgan fingerprint density at radius 2 is 2.00 bits per heavy atom. The molecule has 0 saturated heterocycles. The van der Waals surface area contributed by atoms with Crippen molar-refractivity contribution in [1.82, 2.24) is 5.32 Å². The van der Waals surface area contributed by atoms with Crippen LogP contribution in [0.25, 0.3) is 11.1 Å². The van der Waals surface area contributed by atoms with Gasteiger partial charge in [-0.3, -0.25) is 5.32 Å². The molecule has 4 nitrogen and oxygen atoms in total. The summed E-state index contributed by atoms with van der Waals surface area (Å²) < 4.78 is 5.21. The van der Waals surface area contributed by atoms with E-state index in [0.29, 0.717) is 6.42 Å². The minimum Gasteiger partial charge on any atom is -0.445 e. The van der Waals surface area contributed by atoms with Gasteiger partial charge in [-0.05, 0) is 40.7 Å². The normalized spacial score (nSPS) is 13.2. The number of alkyl carbamates (subject to hydrolysis) is 1. The summed E-state index contributed by atoms with van der Waals surface area (Å²) in [7, 11) is 0. The smallest absolute Gasteiger partial charge is 0.409 e. The number of hydrogen-bond donors (Lipinski definition) is 2. The van der Waals surface area contributed by atoms with Crippen molar-refractivity contribution in [2.24, 2.45) is 0 Å². The summed E-state index contributed by atoms with van der Waals surface area (Å²) >= 11 is 0. The molecule has 0 heterocycles. The number of carbonyl (C=O) groups is 1. The van der Waals surface area contributed by atoms with Crippen LogP contribution < -0.4 is 5.32 Å². The number of carbonyl (C=O) groups excluding carboxylic acids is 1. The van der Waals surface area contributed by atoms with Gasteiger partial charge in [0.05, 0.1) is 0 Å². The predicted octanol–water partition coefficient (Wildman–Crippen LogP) is 3.21. The third-order valence-corrected chi connectivity index (χ3v) is 3.98. The molecular formula is C18H19NO3. The minimum absolute atomic E-state index is 0.208. The first-order chi connectivity index (χ1) is 10.7. The number of benzene rings is 2. The fourth-order valence-electron chi connectivity index (χ4n) is 2.78. The lowest BCUT2D eigenvalue weighted by Gasteiger charge is -2.12. The van der Waals surface area contributed by atoms with Gasteiger partial charge in [0.15, 0.2) is 0 Å². The van der Waals surface area contributed by atoms with Crippen molar-refractivity contribution < 1.29 is 14.6 Å². The Hall–Kier alpha value is -2.33. The third-order valence-electron chi connectivity index (χ3n) is 3.98. The average molecular weight is 297 g/mol. The first-order valence-corrected chi connectivity index (χ1v) is 7.49. The molecule has 1 unspecified atom stereocenters. The second-order valence-electron chi connectivity index (χ2n) is 5.42. The molecule has 1 amide bonds. The molecule has 22 heavy (non-hydrogen) atoms. The highest BCUT2D eigenvalue weighted by molar-refractivity contribution is 5.78. The quantitative estimate of drug-likeness (QED) is 0.727. The Balaban J connectivity index is 1.74. The number of nitrogens with one attached hydrogen (secondary N) is 1. The van der Waals surface area contributed by atoms with Crippen molar-refractivity contribution in [3.05, 3.63) is 59.2 Å². The van der Waals surface area contributed by atoms with Crippen LogP contribution >= 0.6 is 0 Å². The van der Waals surface area contributed by atoms with Crippen LogP contribution in [0.3, 0.4) is 0 Å². The van der Waals surface area contributed by atoms with Crippen molar-refractivity contribution in [3.8, 4) is 11.1 Å². The topological polar surface area (TPSA) is 58.6 Å². The molecule has 2 aromatic carbocycles. The van der Waals surface area contributed by atoms with Gasteiger partial charge in [0.1, 0.15) is 12.8 Å². The SMILES string of the molecule is CCC(O)NC(=O)OCc1cccc2c1Cc1ccccc1-2. The number of aliphatic hydroxyl groups is 1. The Morgan fingerprint density at radius 3 is 2.82 bits per heavy atom. The van der Waals surface area contributed by atoms with Gasteiger partial charge in [-0.15, -0.1) is 0 Å². The van der Waals surface area contributed by atoms with E-state index in [1.807, 2.05) is 24.3 Å². The van der Waals surface area contributed by atoms with Crippen molar-refractivity contribution in [2.75, 3.05) is 0 Å². The number of ether oxygens (including phenoxy) is 1. The number of aliphatic hydroxyl groups excluding tert-OH is 1. The Kier molecular flexibility index (Phi) is 4.11. The number of hydrogen-bond acceptors (Lipinski definition) is 3. The fraction of sp³-hybridized carbons (Fsp3) is 0.278. The first kappa shape index (κ1) is 14.6. The molecule has 2 N–H and O–H groups in total. The maximum Gasteiger partial charge on any atom is 0.409 e. The zero-order valence-electron chi connectivity index (χ0n) is 12.5. The van der Waals surface area contributed by atoms with Gasteiger partial charge in [-0.25, -0.2) is 4.79 Å². The van der Waals surface area contributed by atoms with Crippen molar-refractivity contribution >= 4 is 6.09 Å². The van der Waals surface area contributed by atoms with E-state index in [0.717, 1.165) is 12.0 Å². The summed E-state index contributed by atoms with van der Waals surface area (Å²) in [5.41, 5.74) is 5.99. The van der Waals surface area contributed by atoms with E-state index in [1.165, 1.54) is 22.3 Å². The molecular weight excluding hydrogens is 278 g/mol. The maximum absolute atomic E-state index is 11.6. The lowest BCUT2D eigenvalue weighted by molar-refractivity contribution is 0.0928. The van der Waals surface area contributed by atoms with Gasteiger partial charge in [0.25, 0.3) is 0 Å². The Bertz CT molecular complexity index is 696. The van der Waals surface area contributed by atoms with E-state index in [1.54, 1.807) is 6.92 Å². The summed E-state index contributed by atoms with van der Waals surface area (Å²) in [5, 5.41) is 11.8. The molecule has 0 bridgehead atoms. The second kappa shape index (κ2) is 6.20. The third kappa shape index (κ3) is 2.83. The molecule has 1 aliphatic carbocycles. The van der Waals surface area contributed by atoms with Gasteiger partial charge in [-0.2, -0.15) is 0 Å². The second-order valence-corrected chi connectivity index (χ2v) is 5.42. The van der Waals surface area contributed by atoms with Crippen LogP contribution in [0, 0.1) is 0 Å². The number of rotatable bonds is 4. The van der Waals surface area contributed by atoms with E-state index >= 15 is 0 Å². The monoisotopic (exact) mass is 297 g/mol. The highest BCUT2D eigenvalue weighted by Crippen LogP contribution is 2.38. The largest absolute Gasteiger partial charge is 0.445 e. The van der Waals surface area contributed by atoms with Gasteiger partial charge < -0.3 is 9.84 Å². The van der Waals surface area contributed by atoms with Crippen LogP contribution in [0.5, 0.6) is 0 Å². The molecule has 0 spiro atoms. The fourth-order valence-corrected chi connectivity index (χ4v) is 2.78. The summed E-state index contributed by atoms with van der Waals surface area (Å²) in [6.45, 7) is 1.99. The summed E-state index contributed by atoms with van der Waals surface area (Å²) in [6.07, 6.45) is -0.143. The molecule has 1 aliphatic rings. The number of amides is 1. The zero-order valence-corrected chi connectivity index (χ0v) is 12.5. The van der Waals surface area contributed by atoms with Gasteiger partial charge in [-0.1, -0.05) is 49.4 Å². The van der Waals surface area contributed by atoms with Crippen LogP contribution in [0.4, 0.5) is 4.79 Å². The van der Waals surface area contributed by atoms with Gasteiger partial charge in [0.2, 0.25) is 0 Å². The molecule has 2 aromatic rings. The molecule has 114 valence electrons. The first-order valence-electron chi connectivity index (χ1n) is 7.49. The lowest BCUT2D eigenvalue weighted by atomic mass is 10.0. The molecule has 0 fully saturated rings. The molecule has 0 aromatic heterocycles. The van der Waals surface area contributed by atoms with E-state index < -0.39 is 12.3 Å². The zero-order chi connectivity index (χ0) is 15.5. The van der Waals surface area contributed by atoms with Crippen molar-refractivity contribution in [3.63, 3.8) is 0 Å². The standard InChI is InChI=1S/C18H19NO3/c1-2-17(20)19-18(21)22-11-13-7-5-9-15-14-8-4-3-6-12(14)10-16(13)15/h3-9,17,20H,2,10-11H2,1H3,(H,19,21). The van der Waals surface area contributed by atoms with Crippen molar-refractivity contribution in [2.45, 2.75) is 32.6 Å². The average Bonchev–Trinajstić information content (AvgIpc) is 2.92. The highest BCUT2D eigenvalue weighted by Gasteiger charge is 2.20. The molecule has 0 aliphatic heterocycles. The molecule has 0 saturated carbocycles. The van der Waals surface area contributed by atoms with E-state index in [-0.39, 0.29) is 6.61 Å². The maximum atomic E-state index is 11.6. The summed E-state index contributed by atoms with van der Waals surface area (Å²) in [5.74, 6) is 0. The Morgan fingerprint density at radius 1 is 1.23 bits per heavy atom. The van der Waals surface area contributed by atoms with E-state index in [2.05, 4.69) is 23.5 Å². The van der Waals surface area contributed by atoms with E-state index in [9.17, 15) is 9.90 Å². The van der Waals surface area contributed by atoms with Crippen LogP contribution in [-0.4, -0.2) is 17.4 Å². The number of fused-ring (bicyclic) bond motifs is 3. The summed E-state index contributed by atoms with van der Waals surface area (Å²) in [4.78, 5) is 11.6. The molecule has 1 atom stereocenters. The Labute approximate surface area is 129 Å². The lowest BCUT2D eigenvalue weighted by Crippen LogP contribution is -2.34. The van der Waals surface area contributed by atoms with E-state index in [4.69, 9.17) is 4.74 Å². The van der Waals surface area contributed by atoms with Crippen LogP contribution in [0.15, 0.2) is 42.5 Å².